The summed E-state index contributed by atoms with van der Waals surface area (Å²) >= 11 is 0. The summed E-state index contributed by atoms with van der Waals surface area (Å²) in [5, 5.41) is 13.4. The highest BCUT2D eigenvalue weighted by Crippen LogP contribution is 1.95. The first-order valence-corrected chi connectivity index (χ1v) is 4.41. The maximum absolute atomic E-state index is 10.9. The number of aromatic nitrogens is 3. The van der Waals surface area contributed by atoms with Crippen molar-refractivity contribution in [1.82, 2.24) is 25.4 Å². The Labute approximate surface area is 82.7 Å². The second kappa shape index (κ2) is 4.71. The molecule has 0 bridgehead atoms. The number of hydrogen-bond acceptors (Lipinski definition) is 4. The fraction of sp³-hybridized carbons (Fsp3) is 0.625. The first-order valence-electron chi connectivity index (χ1n) is 4.41. The van der Waals surface area contributed by atoms with Gasteiger partial charge in [-0.05, 0) is 6.92 Å². The second-order valence-electron chi connectivity index (χ2n) is 3.00. The minimum atomic E-state index is -0.0381. The van der Waals surface area contributed by atoms with Gasteiger partial charge in [-0.25, -0.2) is 0 Å². The van der Waals surface area contributed by atoms with E-state index in [4.69, 9.17) is 0 Å². The molecule has 1 aromatic heterocycles. The van der Waals surface area contributed by atoms with Crippen LogP contribution in [0, 0.1) is 6.92 Å². The summed E-state index contributed by atoms with van der Waals surface area (Å²) in [4.78, 5) is 10.9. The lowest BCUT2D eigenvalue weighted by Gasteiger charge is -2.03. The van der Waals surface area contributed by atoms with Crippen LogP contribution in [0.1, 0.15) is 11.6 Å². The van der Waals surface area contributed by atoms with Crippen LogP contribution in [0.3, 0.4) is 0 Å². The Hall–Kier alpha value is -1.43. The molecule has 0 saturated carbocycles. The molecule has 6 nitrogen and oxygen atoms in total. The average Bonchev–Trinajstić information content (AvgIpc) is 2.49. The van der Waals surface area contributed by atoms with Crippen LogP contribution in [0.25, 0.3) is 0 Å². The maximum Gasteiger partial charge on any atom is 0.233 e. The highest BCUT2D eigenvalue weighted by molar-refractivity contribution is 5.77. The van der Waals surface area contributed by atoms with Crippen molar-refractivity contribution in [3.63, 3.8) is 0 Å². The Morgan fingerprint density at radius 1 is 1.50 bits per heavy atom. The molecule has 0 aliphatic rings. The van der Waals surface area contributed by atoms with Gasteiger partial charge in [0.25, 0.3) is 0 Å². The molecule has 0 aliphatic carbocycles. The third-order valence-corrected chi connectivity index (χ3v) is 2.03. The lowest BCUT2D eigenvalue weighted by molar-refractivity contribution is -0.119. The number of hydrogen-bond donors (Lipinski definition) is 2. The first kappa shape index (κ1) is 10.6. The monoisotopic (exact) mass is 197 g/mol. The zero-order valence-corrected chi connectivity index (χ0v) is 8.66. The van der Waals surface area contributed by atoms with E-state index in [1.807, 2.05) is 18.5 Å². The van der Waals surface area contributed by atoms with Gasteiger partial charge in [0.15, 0.2) is 0 Å². The quantitative estimate of drug-likeness (QED) is 0.646. The zero-order valence-electron chi connectivity index (χ0n) is 8.66. The van der Waals surface area contributed by atoms with Crippen molar-refractivity contribution in [2.75, 3.05) is 13.6 Å². The van der Waals surface area contributed by atoms with E-state index in [1.54, 1.807) is 7.05 Å². The molecule has 2 N–H and O–H groups in total. The molecule has 14 heavy (non-hydrogen) atoms. The molecule has 1 rings (SSSR count). The first-order chi connectivity index (χ1) is 6.65. The number of aryl methyl sites for hydroxylation is 1. The highest BCUT2D eigenvalue weighted by Gasteiger charge is 2.04. The van der Waals surface area contributed by atoms with E-state index in [2.05, 4.69) is 20.8 Å². The number of nitrogens with one attached hydrogen (secondary N) is 2. The second-order valence-corrected chi connectivity index (χ2v) is 3.00. The molecule has 0 fully saturated rings. The van der Waals surface area contributed by atoms with Crippen LogP contribution in [0.5, 0.6) is 0 Å². The Bertz CT molecular complexity index is 320. The van der Waals surface area contributed by atoms with Crippen LogP contribution in [0.4, 0.5) is 0 Å². The molecule has 0 saturated heterocycles. The van der Waals surface area contributed by atoms with Crippen LogP contribution in [0.15, 0.2) is 0 Å². The fourth-order valence-corrected chi connectivity index (χ4v) is 0.981. The van der Waals surface area contributed by atoms with Gasteiger partial charge in [0, 0.05) is 14.1 Å². The van der Waals surface area contributed by atoms with Gasteiger partial charge in [-0.15, -0.1) is 10.2 Å². The number of amides is 1. The summed E-state index contributed by atoms with van der Waals surface area (Å²) in [7, 11) is 3.50. The molecular formula is C8H15N5O. The minimum Gasteiger partial charge on any atom is -0.358 e. The largest absolute Gasteiger partial charge is 0.358 e. The topological polar surface area (TPSA) is 71.8 Å². The normalized spacial score (nSPS) is 10.2. The predicted octanol–water partition coefficient (Wildman–Crippen LogP) is -1.04. The molecule has 6 heteroatoms. The van der Waals surface area contributed by atoms with Crippen molar-refractivity contribution in [2.24, 2.45) is 7.05 Å². The molecule has 0 spiro atoms. The third-order valence-electron chi connectivity index (χ3n) is 2.03. The summed E-state index contributed by atoms with van der Waals surface area (Å²) in [5.74, 6) is 1.65. The van der Waals surface area contributed by atoms with Crippen molar-refractivity contribution in [2.45, 2.75) is 13.5 Å². The van der Waals surface area contributed by atoms with Gasteiger partial charge in [-0.1, -0.05) is 0 Å². The van der Waals surface area contributed by atoms with Gasteiger partial charge in [-0.3, -0.25) is 4.79 Å². The molecule has 0 atom stereocenters. The van der Waals surface area contributed by atoms with Crippen LogP contribution in [-0.2, 0) is 18.4 Å². The molecule has 1 amide bonds. The fourth-order valence-electron chi connectivity index (χ4n) is 0.981. The Balaban J connectivity index is 2.39. The van der Waals surface area contributed by atoms with Gasteiger partial charge < -0.3 is 15.2 Å². The molecule has 78 valence electrons. The molecule has 0 aliphatic heterocycles. The van der Waals surface area contributed by atoms with Gasteiger partial charge >= 0.3 is 0 Å². The summed E-state index contributed by atoms with van der Waals surface area (Å²) in [6.07, 6.45) is 0. The zero-order chi connectivity index (χ0) is 10.6. The van der Waals surface area contributed by atoms with E-state index in [0.29, 0.717) is 13.1 Å². The lowest BCUT2D eigenvalue weighted by Crippen LogP contribution is -2.31. The van der Waals surface area contributed by atoms with Crippen molar-refractivity contribution < 1.29 is 4.79 Å². The minimum absolute atomic E-state index is 0.0381. The predicted molar refractivity (Wildman–Crippen MR) is 51.5 cm³/mol. The Morgan fingerprint density at radius 3 is 2.71 bits per heavy atom. The van der Waals surface area contributed by atoms with E-state index in [-0.39, 0.29) is 5.91 Å². The van der Waals surface area contributed by atoms with Gasteiger partial charge in [-0.2, -0.15) is 0 Å². The third kappa shape index (κ3) is 2.53. The smallest absolute Gasteiger partial charge is 0.233 e. The van der Waals surface area contributed by atoms with E-state index in [9.17, 15) is 4.79 Å². The van der Waals surface area contributed by atoms with Crippen LogP contribution in [0.2, 0.25) is 0 Å². The summed E-state index contributed by atoms with van der Waals surface area (Å²) < 4.78 is 1.89. The molecule has 0 radical (unpaired) electrons. The highest BCUT2D eigenvalue weighted by atomic mass is 16.1. The number of rotatable bonds is 4. The number of carbonyl (C=O) groups excluding carboxylic acids is 1. The van der Waals surface area contributed by atoms with Crippen molar-refractivity contribution in [3.05, 3.63) is 11.6 Å². The summed E-state index contributed by atoms with van der Waals surface area (Å²) in [6, 6.07) is 0. The van der Waals surface area contributed by atoms with E-state index in [1.165, 1.54) is 0 Å². The Kier molecular flexibility index (Phi) is 3.58. The Morgan fingerprint density at radius 2 is 2.21 bits per heavy atom. The van der Waals surface area contributed by atoms with Gasteiger partial charge in [0.2, 0.25) is 5.91 Å². The molecule has 0 aromatic carbocycles. The summed E-state index contributed by atoms with van der Waals surface area (Å²) in [6.45, 7) is 2.72. The number of carbonyl (C=O) groups is 1. The summed E-state index contributed by atoms with van der Waals surface area (Å²) in [5.41, 5.74) is 0. The maximum atomic E-state index is 10.9. The van der Waals surface area contributed by atoms with Crippen LogP contribution in [-0.4, -0.2) is 34.3 Å². The SMILES string of the molecule is CNC(=O)CNCc1nnc(C)n1C. The van der Waals surface area contributed by atoms with Crippen molar-refractivity contribution in [1.29, 1.82) is 0 Å². The number of likely N-dealkylation sites (N-methyl/N-ethyl adjacent to an activating group) is 1. The number of nitrogens with zero attached hydrogens (tertiary/aromatic N) is 3. The van der Waals surface area contributed by atoms with Crippen LogP contribution < -0.4 is 10.6 Å². The standard InChI is InChI=1S/C8H15N5O/c1-6-11-12-7(13(6)3)4-10-5-8(14)9-2/h10H,4-5H2,1-3H3,(H,9,14). The molecule has 1 heterocycles. The van der Waals surface area contributed by atoms with Gasteiger partial charge in [0.05, 0.1) is 13.1 Å². The van der Waals surface area contributed by atoms with Crippen molar-refractivity contribution >= 4 is 5.91 Å². The molecule has 0 unspecified atom stereocenters. The van der Waals surface area contributed by atoms with E-state index in [0.717, 1.165) is 11.6 Å². The lowest BCUT2D eigenvalue weighted by atomic mass is 10.5. The molecular weight excluding hydrogens is 182 g/mol. The van der Waals surface area contributed by atoms with Crippen molar-refractivity contribution in [3.8, 4) is 0 Å². The average molecular weight is 197 g/mol. The van der Waals surface area contributed by atoms with Gasteiger partial charge in [0.1, 0.15) is 11.6 Å². The van der Waals surface area contributed by atoms with Crippen LogP contribution >= 0.6 is 0 Å². The van der Waals surface area contributed by atoms with E-state index >= 15 is 0 Å². The van der Waals surface area contributed by atoms with E-state index < -0.39 is 0 Å². The molecule has 1 aromatic rings.